The summed E-state index contributed by atoms with van der Waals surface area (Å²) in [6.45, 7) is 0.311. The zero-order valence-corrected chi connectivity index (χ0v) is 9.35. The van der Waals surface area contributed by atoms with Crippen molar-refractivity contribution in [1.82, 2.24) is 9.97 Å². The monoisotopic (exact) mass is 233 g/mol. The lowest BCUT2D eigenvalue weighted by atomic mass is 10.1. The number of aromatic nitrogens is 2. The Morgan fingerprint density at radius 2 is 2.24 bits per heavy atom. The van der Waals surface area contributed by atoms with E-state index in [2.05, 4.69) is 9.97 Å². The molecule has 0 bridgehead atoms. The van der Waals surface area contributed by atoms with Crippen molar-refractivity contribution in [1.29, 1.82) is 0 Å². The molecule has 5 heteroatoms. The van der Waals surface area contributed by atoms with Crippen LogP contribution in [0.4, 0.5) is 4.39 Å². The summed E-state index contributed by atoms with van der Waals surface area (Å²) in [6.07, 6.45) is 4.22. The molecule has 0 aliphatic heterocycles. The summed E-state index contributed by atoms with van der Waals surface area (Å²) in [6, 6.07) is 3.29. The first kappa shape index (κ1) is 11.5. The lowest BCUT2D eigenvalue weighted by Crippen LogP contribution is -2.01. The first-order valence-electron chi connectivity index (χ1n) is 5.09. The summed E-state index contributed by atoms with van der Waals surface area (Å²) in [4.78, 5) is 7.84. The van der Waals surface area contributed by atoms with Gasteiger partial charge in [0.25, 0.3) is 0 Å². The molecular formula is C12H12FN3O. The van der Waals surface area contributed by atoms with Gasteiger partial charge >= 0.3 is 0 Å². The predicted octanol–water partition coefficient (Wildman–Crippen LogP) is 1.75. The molecule has 2 aromatic rings. The van der Waals surface area contributed by atoms with Gasteiger partial charge in [-0.05, 0) is 12.1 Å². The number of hydrogen-bond donors (Lipinski definition) is 1. The molecule has 0 saturated heterocycles. The van der Waals surface area contributed by atoms with Gasteiger partial charge in [-0.1, -0.05) is 0 Å². The second kappa shape index (κ2) is 4.88. The van der Waals surface area contributed by atoms with Crippen molar-refractivity contribution in [2.24, 2.45) is 5.73 Å². The highest BCUT2D eigenvalue weighted by Crippen LogP contribution is 2.25. The van der Waals surface area contributed by atoms with Crippen molar-refractivity contribution in [3.63, 3.8) is 0 Å². The molecule has 0 radical (unpaired) electrons. The topological polar surface area (TPSA) is 61.0 Å². The molecule has 4 nitrogen and oxygen atoms in total. The van der Waals surface area contributed by atoms with Crippen LogP contribution in [-0.4, -0.2) is 17.1 Å². The van der Waals surface area contributed by atoms with E-state index >= 15 is 0 Å². The highest BCUT2D eigenvalue weighted by Gasteiger charge is 2.09. The molecule has 17 heavy (non-hydrogen) atoms. The van der Waals surface area contributed by atoms with Crippen LogP contribution in [0.5, 0.6) is 5.75 Å². The number of ether oxygens (including phenoxy) is 1. The van der Waals surface area contributed by atoms with Gasteiger partial charge in [-0.25, -0.2) is 4.39 Å². The fourth-order valence-corrected chi connectivity index (χ4v) is 1.56. The first-order valence-corrected chi connectivity index (χ1v) is 5.09. The molecule has 0 saturated carbocycles. The maximum atomic E-state index is 13.5. The fraction of sp³-hybridized carbons (Fsp3) is 0.167. The Balaban J connectivity index is 2.50. The molecule has 0 atom stereocenters. The van der Waals surface area contributed by atoms with E-state index in [9.17, 15) is 4.39 Å². The summed E-state index contributed by atoms with van der Waals surface area (Å²) < 4.78 is 18.6. The molecule has 2 N–H and O–H groups in total. The smallest absolute Gasteiger partial charge is 0.150 e. The summed E-state index contributed by atoms with van der Waals surface area (Å²) in [5, 5.41) is 0. The van der Waals surface area contributed by atoms with Crippen molar-refractivity contribution in [3.8, 4) is 17.0 Å². The van der Waals surface area contributed by atoms with Crippen LogP contribution in [0.1, 0.15) is 5.56 Å². The third-order valence-corrected chi connectivity index (χ3v) is 2.44. The average Bonchev–Trinajstić information content (AvgIpc) is 2.38. The molecule has 0 fully saturated rings. The van der Waals surface area contributed by atoms with E-state index in [-0.39, 0.29) is 0 Å². The van der Waals surface area contributed by atoms with Crippen LogP contribution in [0, 0.1) is 5.82 Å². The van der Waals surface area contributed by atoms with Crippen molar-refractivity contribution in [3.05, 3.63) is 42.1 Å². The van der Waals surface area contributed by atoms with Crippen LogP contribution in [0.25, 0.3) is 11.3 Å². The normalized spacial score (nSPS) is 10.3. The summed E-state index contributed by atoms with van der Waals surface area (Å²) in [5.74, 6) is 0.193. The Morgan fingerprint density at radius 3 is 2.88 bits per heavy atom. The molecule has 2 heterocycles. The van der Waals surface area contributed by atoms with E-state index in [4.69, 9.17) is 10.5 Å². The molecule has 0 unspecified atom stereocenters. The molecule has 0 aliphatic carbocycles. The van der Waals surface area contributed by atoms with E-state index in [1.807, 2.05) is 0 Å². The van der Waals surface area contributed by atoms with Gasteiger partial charge in [-0.3, -0.25) is 9.97 Å². The van der Waals surface area contributed by atoms with Gasteiger partial charge in [0, 0.05) is 23.9 Å². The maximum Gasteiger partial charge on any atom is 0.150 e. The predicted molar refractivity (Wildman–Crippen MR) is 61.9 cm³/mol. The van der Waals surface area contributed by atoms with Crippen LogP contribution in [0.15, 0.2) is 30.7 Å². The number of rotatable bonds is 3. The minimum absolute atomic E-state index is 0.311. The van der Waals surface area contributed by atoms with Gasteiger partial charge < -0.3 is 10.5 Å². The average molecular weight is 233 g/mol. The van der Waals surface area contributed by atoms with Crippen LogP contribution in [0.2, 0.25) is 0 Å². The van der Waals surface area contributed by atoms with E-state index in [1.54, 1.807) is 19.2 Å². The number of halogens is 1. The lowest BCUT2D eigenvalue weighted by molar-refractivity contribution is 0.408. The zero-order valence-electron chi connectivity index (χ0n) is 9.35. The third kappa shape index (κ3) is 2.24. The van der Waals surface area contributed by atoms with Gasteiger partial charge in [0.05, 0.1) is 25.2 Å². The minimum Gasteiger partial charge on any atom is -0.495 e. The maximum absolute atomic E-state index is 13.5. The Kier molecular flexibility index (Phi) is 3.30. The number of pyridine rings is 2. The SMILES string of the molecule is COc1cnc(-c2ccncc2F)cc1CN. The van der Waals surface area contributed by atoms with Crippen LogP contribution in [0.3, 0.4) is 0 Å². The Morgan fingerprint density at radius 1 is 1.41 bits per heavy atom. The summed E-state index contributed by atoms with van der Waals surface area (Å²) in [5.41, 5.74) is 7.30. The van der Waals surface area contributed by atoms with Gasteiger partial charge in [0.2, 0.25) is 0 Å². The quantitative estimate of drug-likeness (QED) is 0.877. The molecule has 2 aromatic heterocycles. The minimum atomic E-state index is -0.409. The molecule has 88 valence electrons. The molecular weight excluding hydrogens is 221 g/mol. The van der Waals surface area contributed by atoms with Crippen LogP contribution >= 0.6 is 0 Å². The molecule has 0 aliphatic rings. The Bertz CT molecular complexity index is 531. The largest absolute Gasteiger partial charge is 0.495 e. The van der Waals surface area contributed by atoms with Gasteiger partial charge in [-0.2, -0.15) is 0 Å². The zero-order chi connectivity index (χ0) is 12.3. The second-order valence-electron chi connectivity index (χ2n) is 3.44. The number of nitrogens with zero attached hydrogens (tertiary/aromatic N) is 2. The molecule has 0 aromatic carbocycles. The number of nitrogens with two attached hydrogens (primary N) is 1. The molecule has 0 amide bonds. The summed E-state index contributed by atoms with van der Waals surface area (Å²) in [7, 11) is 1.54. The third-order valence-electron chi connectivity index (χ3n) is 2.44. The van der Waals surface area contributed by atoms with Crippen molar-refractivity contribution < 1.29 is 9.13 Å². The van der Waals surface area contributed by atoms with Gasteiger partial charge in [-0.15, -0.1) is 0 Å². The second-order valence-corrected chi connectivity index (χ2v) is 3.44. The van der Waals surface area contributed by atoms with Crippen molar-refractivity contribution >= 4 is 0 Å². The van der Waals surface area contributed by atoms with Crippen molar-refractivity contribution in [2.75, 3.05) is 7.11 Å². The Labute approximate surface area is 98.3 Å². The van der Waals surface area contributed by atoms with E-state index in [0.717, 1.165) is 11.8 Å². The highest BCUT2D eigenvalue weighted by atomic mass is 19.1. The van der Waals surface area contributed by atoms with Crippen molar-refractivity contribution in [2.45, 2.75) is 6.54 Å². The molecule has 0 spiro atoms. The van der Waals surface area contributed by atoms with Gasteiger partial charge in [0.15, 0.2) is 5.82 Å². The van der Waals surface area contributed by atoms with E-state index < -0.39 is 5.82 Å². The van der Waals surface area contributed by atoms with E-state index in [0.29, 0.717) is 23.6 Å². The molecule has 2 rings (SSSR count). The number of hydrogen-bond acceptors (Lipinski definition) is 4. The Hall–Kier alpha value is -2.01. The first-order chi connectivity index (χ1) is 8.26. The summed E-state index contributed by atoms with van der Waals surface area (Å²) >= 11 is 0. The van der Waals surface area contributed by atoms with Gasteiger partial charge in [0.1, 0.15) is 5.75 Å². The lowest BCUT2D eigenvalue weighted by Gasteiger charge is -2.08. The van der Waals surface area contributed by atoms with Crippen LogP contribution < -0.4 is 10.5 Å². The number of methoxy groups -OCH3 is 1. The van der Waals surface area contributed by atoms with E-state index in [1.165, 1.54) is 12.4 Å². The fourth-order valence-electron chi connectivity index (χ4n) is 1.56. The van der Waals surface area contributed by atoms with Crippen LogP contribution in [-0.2, 0) is 6.54 Å². The standard InChI is InChI=1S/C12H12FN3O/c1-17-12-7-16-11(4-8(12)5-14)9-2-3-15-6-10(9)13/h2-4,6-7H,5,14H2,1H3. The highest BCUT2D eigenvalue weighted by molar-refractivity contribution is 5.61.